The van der Waals surface area contributed by atoms with Gasteiger partial charge in [-0.15, -0.1) is 0 Å². The predicted octanol–water partition coefficient (Wildman–Crippen LogP) is 3.93. The lowest BCUT2D eigenvalue weighted by atomic mass is 10.1. The second kappa shape index (κ2) is 9.59. The Bertz CT molecular complexity index is 385. The summed E-state index contributed by atoms with van der Waals surface area (Å²) >= 11 is 0. The van der Waals surface area contributed by atoms with Crippen LogP contribution in [-0.4, -0.2) is 19.7 Å². The summed E-state index contributed by atoms with van der Waals surface area (Å²) < 4.78 is 18.8. The van der Waals surface area contributed by atoms with Crippen LogP contribution < -0.4 is 15.8 Å². The molecule has 0 aliphatic heterocycles. The van der Waals surface area contributed by atoms with Gasteiger partial charge < -0.3 is 15.8 Å². The summed E-state index contributed by atoms with van der Waals surface area (Å²) in [5.74, 6) is 0.378. The second-order valence-corrected chi connectivity index (χ2v) is 5.13. The minimum absolute atomic E-state index is 0.109. The van der Waals surface area contributed by atoms with E-state index in [-0.39, 0.29) is 11.9 Å². The van der Waals surface area contributed by atoms with E-state index in [1.165, 1.54) is 31.7 Å². The van der Waals surface area contributed by atoms with E-state index in [0.29, 0.717) is 18.0 Å². The molecule has 0 radical (unpaired) electrons. The number of nitrogens with one attached hydrogen (secondary N) is 1. The van der Waals surface area contributed by atoms with Gasteiger partial charge in [-0.3, -0.25) is 0 Å². The molecule has 3 N–H and O–H groups in total. The summed E-state index contributed by atoms with van der Waals surface area (Å²) in [6, 6.07) is 4.81. The molecule has 1 unspecified atom stereocenters. The fourth-order valence-electron chi connectivity index (χ4n) is 2.21. The molecule has 4 heteroatoms. The van der Waals surface area contributed by atoms with Gasteiger partial charge in [-0.05, 0) is 18.6 Å². The minimum atomic E-state index is -0.268. The third-order valence-electron chi connectivity index (χ3n) is 3.47. The molecule has 1 rings (SSSR count). The van der Waals surface area contributed by atoms with Crippen molar-refractivity contribution in [1.29, 1.82) is 0 Å². The molecule has 0 spiro atoms. The Labute approximate surface area is 121 Å². The first-order valence-corrected chi connectivity index (χ1v) is 7.51. The van der Waals surface area contributed by atoms with E-state index in [0.717, 1.165) is 12.8 Å². The van der Waals surface area contributed by atoms with Crippen molar-refractivity contribution < 1.29 is 9.13 Å². The lowest BCUT2D eigenvalue weighted by Gasteiger charge is -2.19. The molecular weight excluding hydrogens is 255 g/mol. The van der Waals surface area contributed by atoms with Gasteiger partial charge in [0.25, 0.3) is 0 Å². The maximum absolute atomic E-state index is 13.7. The van der Waals surface area contributed by atoms with Crippen LogP contribution in [0.15, 0.2) is 18.2 Å². The summed E-state index contributed by atoms with van der Waals surface area (Å²) in [4.78, 5) is 0. The van der Waals surface area contributed by atoms with Crippen LogP contribution in [0.1, 0.15) is 45.4 Å². The molecule has 0 aliphatic carbocycles. The van der Waals surface area contributed by atoms with Crippen molar-refractivity contribution >= 4 is 5.69 Å². The van der Waals surface area contributed by atoms with Gasteiger partial charge in [-0.2, -0.15) is 0 Å². The molecule has 114 valence electrons. The van der Waals surface area contributed by atoms with Gasteiger partial charge in [-0.25, -0.2) is 4.39 Å². The van der Waals surface area contributed by atoms with E-state index in [9.17, 15) is 4.39 Å². The van der Waals surface area contributed by atoms with E-state index in [1.807, 2.05) is 0 Å². The highest BCUT2D eigenvalue weighted by Crippen LogP contribution is 2.22. The normalized spacial score (nSPS) is 12.2. The lowest BCUT2D eigenvalue weighted by molar-refractivity contribution is 0.414. The number of ether oxygens (including phenoxy) is 1. The summed E-state index contributed by atoms with van der Waals surface area (Å²) in [6.45, 7) is 2.71. The number of rotatable bonds is 10. The molecule has 1 atom stereocenters. The average Bonchev–Trinajstić information content (AvgIpc) is 2.47. The van der Waals surface area contributed by atoms with E-state index >= 15 is 0 Å². The molecule has 0 bridgehead atoms. The van der Waals surface area contributed by atoms with Crippen LogP contribution in [-0.2, 0) is 0 Å². The smallest absolute Gasteiger partial charge is 0.146 e. The van der Waals surface area contributed by atoms with Crippen molar-refractivity contribution in [3.05, 3.63) is 24.0 Å². The van der Waals surface area contributed by atoms with Crippen LogP contribution in [0.4, 0.5) is 10.1 Å². The molecule has 0 aromatic heterocycles. The van der Waals surface area contributed by atoms with Gasteiger partial charge >= 0.3 is 0 Å². The minimum Gasteiger partial charge on any atom is -0.497 e. The third kappa shape index (κ3) is 5.78. The molecule has 1 aromatic rings. The zero-order valence-corrected chi connectivity index (χ0v) is 12.6. The van der Waals surface area contributed by atoms with Gasteiger partial charge in [0.1, 0.15) is 11.6 Å². The Morgan fingerprint density at radius 3 is 2.65 bits per heavy atom. The molecule has 0 saturated carbocycles. The molecule has 3 nitrogen and oxygen atoms in total. The van der Waals surface area contributed by atoms with E-state index in [4.69, 9.17) is 10.5 Å². The zero-order valence-electron chi connectivity index (χ0n) is 12.6. The third-order valence-corrected chi connectivity index (χ3v) is 3.47. The van der Waals surface area contributed by atoms with Crippen molar-refractivity contribution in [2.75, 3.05) is 19.0 Å². The summed E-state index contributed by atoms with van der Waals surface area (Å²) in [7, 11) is 1.57. The van der Waals surface area contributed by atoms with Crippen molar-refractivity contribution in [2.45, 2.75) is 51.5 Å². The Hall–Kier alpha value is -1.29. The Kier molecular flexibility index (Phi) is 8.04. The molecule has 0 amide bonds. The van der Waals surface area contributed by atoms with E-state index in [1.54, 1.807) is 19.2 Å². The lowest BCUT2D eigenvalue weighted by Crippen LogP contribution is -2.29. The Balaban J connectivity index is 2.46. The second-order valence-electron chi connectivity index (χ2n) is 5.13. The van der Waals surface area contributed by atoms with Gasteiger partial charge in [0, 0.05) is 18.7 Å². The maximum Gasteiger partial charge on any atom is 0.146 e. The number of nitrogens with two attached hydrogens (primary N) is 1. The highest BCUT2D eigenvalue weighted by atomic mass is 19.1. The van der Waals surface area contributed by atoms with Crippen molar-refractivity contribution in [2.24, 2.45) is 5.73 Å². The predicted molar refractivity (Wildman–Crippen MR) is 82.8 cm³/mol. The Morgan fingerprint density at radius 2 is 2.00 bits per heavy atom. The summed E-state index contributed by atoms with van der Waals surface area (Å²) in [5, 5.41) is 3.18. The molecule has 1 aromatic carbocycles. The van der Waals surface area contributed by atoms with Crippen LogP contribution in [0.2, 0.25) is 0 Å². The monoisotopic (exact) mass is 282 g/mol. The molecule has 0 heterocycles. The first kappa shape index (κ1) is 16.8. The summed E-state index contributed by atoms with van der Waals surface area (Å²) in [6.07, 6.45) is 7.10. The van der Waals surface area contributed by atoms with Crippen molar-refractivity contribution in [3.63, 3.8) is 0 Å². The van der Waals surface area contributed by atoms with Crippen molar-refractivity contribution in [1.82, 2.24) is 0 Å². The van der Waals surface area contributed by atoms with Gasteiger partial charge in [0.2, 0.25) is 0 Å². The van der Waals surface area contributed by atoms with Gasteiger partial charge in [0.05, 0.1) is 12.8 Å². The fraction of sp³-hybridized carbons (Fsp3) is 0.625. The standard InChI is InChI=1S/C16H27FN2O/c1-3-4-5-6-7-8-13(12-18)19-16-11-14(20-2)9-10-15(16)17/h9-11,13,19H,3-8,12,18H2,1-2H3. The SMILES string of the molecule is CCCCCCCC(CN)Nc1cc(OC)ccc1F. The number of methoxy groups -OCH3 is 1. The van der Waals surface area contributed by atoms with E-state index < -0.39 is 0 Å². The van der Waals surface area contributed by atoms with Crippen LogP contribution in [0.5, 0.6) is 5.75 Å². The largest absolute Gasteiger partial charge is 0.497 e. The molecule has 0 fully saturated rings. The number of benzene rings is 1. The molecule has 0 saturated heterocycles. The van der Waals surface area contributed by atoms with Crippen LogP contribution in [0.25, 0.3) is 0 Å². The highest BCUT2D eigenvalue weighted by molar-refractivity contribution is 5.50. The fourth-order valence-corrected chi connectivity index (χ4v) is 2.21. The molecule has 20 heavy (non-hydrogen) atoms. The number of hydrogen-bond donors (Lipinski definition) is 2. The van der Waals surface area contributed by atoms with Crippen LogP contribution >= 0.6 is 0 Å². The quantitative estimate of drug-likeness (QED) is 0.639. The first-order valence-electron chi connectivity index (χ1n) is 7.51. The number of unbranched alkanes of at least 4 members (excludes halogenated alkanes) is 4. The number of hydrogen-bond acceptors (Lipinski definition) is 3. The van der Waals surface area contributed by atoms with E-state index in [2.05, 4.69) is 12.2 Å². The van der Waals surface area contributed by atoms with Gasteiger partial charge in [0.15, 0.2) is 0 Å². The van der Waals surface area contributed by atoms with Crippen LogP contribution in [0.3, 0.4) is 0 Å². The maximum atomic E-state index is 13.7. The number of anilines is 1. The van der Waals surface area contributed by atoms with Gasteiger partial charge in [-0.1, -0.05) is 39.0 Å². The zero-order chi connectivity index (χ0) is 14.8. The number of halogens is 1. The topological polar surface area (TPSA) is 47.3 Å². The molecular formula is C16H27FN2O. The Morgan fingerprint density at radius 1 is 1.25 bits per heavy atom. The van der Waals surface area contributed by atoms with Crippen LogP contribution in [0, 0.1) is 5.82 Å². The van der Waals surface area contributed by atoms with Crippen molar-refractivity contribution in [3.8, 4) is 5.75 Å². The summed E-state index contributed by atoms with van der Waals surface area (Å²) in [5.41, 5.74) is 6.23. The highest BCUT2D eigenvalue weighted by Gasteiger charge is 2.10. The first-order chi connectivity index (χ1) is 9.71. The average molecular weight is 282 g/mol. The molecule has 0 aliphatic rings.